The summed E-state index contributed by atoms with van der Waals surface area (Å²) in [5.41, 5.74) is 8.20. The molecule has 2 N–H and O–H groups in total. The molecule has 0 bridgehead atoms. The molecule has 4 aromatic rings. The molecule has 6 heteroatoms. The number of carbonyl (C=O) groups excluding carboxylic acids is 1. The zero-order valence-corrected chi connectivity index (χ0v) is 16.5. The number of methoxy groups -OCH3 is 1. The number of nitrogens with two attached hydrogens (primary N) is 1. The Bertz CT molecular complexity index is 1200. The van der Waals surface area contributed by atoms with E-state index in [1.165, 1.54) is 25.3 Å². The minimum atomic E-state index is -0.522. The van der Waals surface area contributed by atoms with Crippen molar-refractivity contribution < 1.29 is 18.3 Å². The van der Waals surface area contributed by atoms with E-state index in [2.05, 4.69) is 0 Å². The molecule has 0 radical (unpaired) electrons. The molecule has 4 rings (SSSR count). The Kier molecular flexibility index (Phi) is 4.75. The normalized spacial score (nSPS) is 11.0. The van der Waals surface area contributed by atoms with E-state index in [-0.39, 0.29) is 26.1 Å². The molecular formula is C22H15F2NO2Se. The summed E-state index contributed by atoms with van der Waals surface area (Å²) >= 11 is -0.0882. The van der Waals surface area contributed by atoms with Crippen LogP contribution in [0.5, 0.6) is 5.75 Å². The van der Waals surface area contributed by atoms with Crippen molar-refractivity contribution in [3.05, 3.63) is 77.9 Å². The van der Waals surface area contributed by atoms with Crippen molar-refractivity contribution in [2.75, 3.05) is 7.11 Å². The third-order valence-corrected chi connectivity index (χ3v) is 7.08. The number of carbonyl (C=O) groups is 1. The van der Waals surface area contributed by atoms with Crippen LogP contribution in [0, 0.1) is 11.6 Å². The van der Waals surface area contributed by atoms with Gasteiger partial charge in [0.15, 0.2) is 0 Å². The van der Waals surface area contributed by atoms with Crippen LogP contribution in [0.3, 0.4) is 0 Å². The van der Waals surface area contributed by atoms with Crippen LogP contribution in [0.2, 0.25) is 0 Å². The number of ether oxygens (including phenoxy) is 1. The molecule has 1 amide bonds. The predicted molar refractivity (Wildman–Crippen MR) is 107 cm³/mol. The predicted octanol–water partition coefficient (Wildman–Crippen LogP) is 4.62. The van der Waals surface area contributed by atoms with Gasteiger partial charge in [-0.2, -0.15) is 0 Å². The Hall–Kier alpha value is -2.95. The van der Waals surface area contributed by atoms with Gasteiger partial charge in [-0.1, -0.05) is 0 Å². The average Bonchev–Trinajstić information content (AvgIpc) is 3.07. The van der Waals surface area contributed by atoms with Crippen LogP contribution < -0.4 is 10.5 Å². The van der Waals surface area contributed by atoms with Crippen molar-refractivity contribution >= 4 is 30.1 Å². The van der Waals surface area contributed by atoms with E-state index in [0.29, 0.717) is 11.1 Å². The first-order valence-electron chi connectivity index (χ1n) is 8.44. The summed E-state index contributed by atoms with van der Waals surface area (Å²) in [6, 6.07) is 16.3. The number of halogens is 2. The molecular weight excluding hydrogens is 427 g/mol. The van der Waals surface area contributed by atoms with Gasteiger partial charge in [0.25, 0.3) is 0 Å². The summed E-state index contributed by atoms with van der Waals surface area (Å²) in [5.74, 6) is -1.16. The SMILES string of the molecule is COc1ccc(-c2c(-c3ccc(F)cc3)[se]c3ccc(C(N)=O)cc23)cc1F. The summed E-state index contributed by atoms with van der Waals surface area (Å²) in [6.45, 7) is 0. The van der Waals surface area contributed by atoms with Crippen LogP contribution in [-0.4, -0.2) is 27.5 Å². The third-order valence-electron chi connectivity index (χ3n) is 4.52. The van der Waals surface area contributed by atoms with Crippen molar-refractivity contribution in [3.63, 3.8) is 0 Å². The molecule has 0 unspecified atom stereocenters. The van der Waals surface area contributed by atoms with Crippen molar-refractivity contribution in [1.29, 1.82) is 0 Å². The van der Waals surface area contributed by atoms with Gasteiger partial charge in [0.05, 0.1) is 0 Å². The maximum atomic E-state index is 14.4. The topological polar surface area (TPSA) is 52.3 Å². The van der Waals surface area contributed by atoms with Crippen LogP contribution in [0.1, 0.15) is 10.4 Å². The van der Waals surface area contributed by atoms with E-state index in [0.717, 1.165) is 25.2 Å². The Balaban J connectivity index is 2.03. The van der Waals surface area contributed by atoms with Crippen molar-refractivity contribution in [2.45, 2.75) is 0 Å². The third kappa shape index (κ3) is 3.21. The van der Waals surface area contributed by atoms with Gasteiger partial charge in [-0.15, -0.1) is 0 Å². The van der Waals surface area contributed by atoms with Gasteiger partial charge in [-0.05, 0) is 0 Å². The molecule has 0 fully saturated rings. The Morgan fingerprint density at radius 2 is 1.68 bits per heavy atom. The fourth-order valence-corrected chi connectivity index (χ4v) is 5.70. The summed E-state index contributed by atoms with van der Waals surface area (Å²) in [5, 5.41) is 0.847. The molecule has 1 aromatic heterocycles. The van der Waals surface area contributed by atoms with E-state index < -0.39 is 11.7 Å². The molecule has 28 heavy (non-hydrogen) atoms. The van der Waals surface area contributed by atoms with E-state index in [4.69, 9.17) is 10.5 Å². The number of hydrogen-bond donors (Lipinski definition) is 1. The van der Waals surface area contributed by atoms with Gasteiger partial charge in [0.1, 0.15) is 0 Å². The van der Waals surface area contributed by atoms with Gasteiger partial charge < -0.3 is 0 Å². The first kappa shape index (κ1) is 18.4. The molecule has 3 nitrogen and oxygen atoms in total. The van der Waals surface area contributed by atoms with Gasteiger partial charge in [0.2, 0.25) is 0 Å². The number of primary amides is 1. The first-order chi connectivity index (χ1) is 13.5. The molecule has 0 atom stereocenters. The number of rotatable bonds is 4. The van der Waals surface area contributed by atoms with Crippen LogP contribution in [-0.2, 0) is 0 Å². The fourth-order valence-electron chi connectivity index (χ4n) is 3.16. The van der Waals surface area contributed by atoms with Crippen LogP contribution in [0.4, 0.5) is 8.78 Å². The summed E-state index contributed by atoms with van der Waals surface area (Å²) in [7, 11) is 1.41. The number of hydrogen-bond acceptors (Lipinski definition) is 2. The maximum absolute atomic E-state index is 14.4. The van der Waals surface area contributed by atoms with E-state index in [9.17, 15) is 13.6 Å². The summed E-state index contributed by atoms with van der Waals surface area (Å²) < 4.78 is 34.9. The molecule has 3 aromatic carbocycles. The van der Waals surface area contributed by atoms with Crippen molar-refractivity contribution in [1.82, 2.24) is 0 Å². The molecule has 0 aliphatic carbocycles. The molecule has 140 valence electrons. The zero-order chi connectivity index (χ0) is 19.8. The number of amides is 1. The van der Waals surface area contributed by atoms with E-state index in [1.807, 2.05) is 6.07 Å². The molecule has 0 spiro atoms. The van der Waals surface area contributed by atoms with Gasteiger partial charge in [-0.25, -0.2) is 0 Å². The standard InChI is InChI=1S/C22H15F2NO2Se/c1-27-18-8-4-13(11-17(18)24)20-16-10-14(22(25)26)5-9-19(16)28-21(20)12-2-6-15(23)7-3-12/h2-11H,1H3,(H2,25,26). The van der Waals surface area contributed by atoms with Gasteiger partial charge >= 0.3 is 166 Å². The minimum absolute atomic E-state index is 0.0882. The molecule has 1 heterocycles. The zero-order valence-electron chi connectivity index (χ0n) is 14.8. The quantitative estimate of drug-likeness (QED) is 0.469. The van der Waals surface area contributed by atoms with Crippen molar-refractivity contribution in [2.24, 2.45) is 5.73 Å². The molecule has 0 aliphatic rings. The average molecular weight is 442 g/mol. The van der Waals surface area contributed by atoms with Gasteiger partial charge in [0, 0.05) is 0 Å². The van der Waals surface area contributed by atoms with Crippen LogP contribution in [0.25, 0.3) is 30.8 Å². The number of fused-ring (bicyclic) bond motifs is 1. The summed E-state index contributed by atoms with van der Waals surface area (Å²) in [6.07, 6.45) is 0. The Morgan fingerprint density at radius 3 is 2.32 bits per heavy atom. The fraction of sp³-hybridized carbons (Fsp3) is 0.0455. The molecule has 0 saturated heterocycles. The second-order valence-corrected chi connectivity index (χ2v) is 8.45. The second-order valence-electron chi connectivity index (χ2n) is 6.24. The monoisotopic (exact) mass is 443 g/mol. The Morgan fingerprint density at radius 1 is 0.964 bits per heavy atom. The van der Waals surface area contributed by atoms with Crippen LogP contribution in [0.15, 0.2) is 60.7 Å². The molecule has 0 saturated carbocycles. The van der Waals surface area contributed by atoms with Gasteiger partial charge in [-0.3, -0.25) is 0 Å². The van der Waals surface area contributed by atoms with Crippen LogP contribution >= 0.6 is 0 Å². The van der Waals surface area contributed by atoms with E-state index in [1.54, 1.807) is 36.4 Å². The first-order valence-corrected chi connectivity index (χ1v) is 10.2. The second kappa shape index (κ2) is 7.23. The molecule has 0 aliphatic heterocycles. The van der Waals surface area contributed by atoms with Crippen molar-refractivity contribution in [3.8, 4) is 26.9 Å². The Labute approximate surface area is 166 Å². The van der Waals surface area contributed by atoms with E-state index >= 15 is 0 Å². The number of benzene rings is 3. The summed E-state index contributed by atoms with van der Waals surface area (Å²) in [4.78, 5) is 11.7.